The number of alkyl halides is 3. The molecule has 0 amide bonds. The summed E-state index contributed by atoms with van der Waals surface area (Å²) in [6, 6.07) is 7.23. The predicted octanol–water partition coefficient (Wildman–Crippen LogP) is 2.25. The zero-order valence-corrected chi connectivity index (χ0v) is 11.3. The highest BCUT2D eigenvalue weighted by molar-refractivity contribution is 7.18. The molecule has 4 nitrogen and oxygen atoms in total. The van der Waals surface area contributed by atoms with Gasteiger partial charge in [-0.15, -0.1) is 11.3 Å². The highest BCUT2D eigenvalue weighted by Gasteiger charge is 2.28. The van der Waals surface area contributed by atoms with E-state index in [1.165, 1.54) is 11.3 Å². The Morgan fingerprint density at radius 3 is 2.75 bits per heavy atom. The van der Waals surface area contributed by atoms with Crippen molar-refractivity contribution in [3.8, 4) is 0 Å². The molecule has 20 heavy (non-hydrogen) atoms. The molecule has 0 spiro atoms. The Hall–Kier alpha value is -1.22. The van der Waals surface area contributed by atoms with Crippen molar-refractivity contribution in [3.05, 3.63) is 29.3 Å². The Morgan fingerprint density at radius 1 is 1.35 bits per heavy atom. The molecule has 2 aromatic rings. The minimum Gasteiger partial charge on any atom is -0.370 e. The summed E-state index contributed by atoms with van der Waals surface area (Å²) in [5.41, 5.74) is 3.33. The van der Waals surface area contributed by atoms with E-state index in [0.29, 0.717) is 6.42 Å². The number of thiazole rings is 1. The van der Waals surface area contributed by atoms with Gasteiger partial charge in [-0.05, 0) is 12.1 Å². The Balaban J connectivity index is 1.92. The van der Waals surface area contributed by atoms with Crippen LogP contribution < -0.4 is 11.3 Å². The number of benzene rings is 1. The van der Waals surface area contributed by atoms with Crippen LogP contribution in [0.5, 0.6) is 0 Å². The molecule has 0 aliphatic carbocycles. The number of rotatable bonds is 6. The second kappa shape index (κ2) is 6.49. The molecule has 0 saturated carbocycles. The van der Waals surface area contributed by atoms with Crippen LogP contribution in [0.2, 0.25) is 0 Å². The van der Waals surface area contributed by atoms with Crippen molar-refractivity contribution in [2.24, 2.45) is 5.84 Å². The molecule has 1 atom stereocenters. The number of hydrogen-bond donors (Lipinski definition) is 2. The lowest BCUT2D eigenvalue weighted by Gasteiger charge is -2.15. The van der Waals surface area contributed by atoms with Gasteiger partial charge in [-0.25, -0.2) is 4.98 Å². The summed E-state index contributed by atoms with van der Waals surface area (Å²) in [6.45, 7) is -1.39. The minimum absolute atomic E-state index is 0.119. The second-order valence-corrected chi connectivity index (χ2v) is 5.39. The maximum atomic E-state index is 12.0. The van der Waals surface area contributed by atoms with Crippen molar-refractivity contribution in [1.82, 2.24) is 10.4 Å². The number of nitrogens with two attached hydrogens (primary N) is 1. The summed E-state index contributed by atoms with van der Waals surface area (Å²) in [6.07, 6.45) is -3.90. The van der Waals surface area contributed by atoms with Gasteiger partial charge >= 0.3 is 6.18 Å². The van der Waals surface area contributed by atoms with E-state index in [1.807, 2.05) is 24.3 Å². The predicted molar refractivity (Wildman–Crippen MR) is 71.3 cm³/mol. The molecule has 110 valence electrons. The smallest absolute Gasteiger partial charge is 0.370 e. The van der Waals surface area contributed by atoms with Crippen LogP contribution in [-0.4, -0.2) is 30.4 Å². The fourth-order valence-corrected chi connectivity index (χ4v) is 2.75. The maximum Gasteiger partial charge on any atom is 0.411 e. The van der Waals surface area contributed by atoms with Crippen LogP contribution in [-0.2, 0) is 11.2 Å². The third-order valence-corrected chi connectivity index (χ3v) is 3.64. The summed E-state index contributed by atoms with van der Waals surface area (Å²) in [7, 11) is 0. The van der Waals surface area contributed by atoms with Crippen LogP contribution in [0, 0.1) is 0 Å². The van der Waals surface area contributed by atoms with Crippen LogP contribution in [0.1, 0.15) is 5.01 Å². The molecule has 1 unspecified atom stereocenters. The number of hydrogen-bond acceptors (Lipinski definition) is 5. The zero-order chi connectivity index (χ0) is 14.6. The molecule has 1 aromatic carbocycles. The van der Waals surface area contributed by atoms with E-state index < -0.39 is 18.8 Å². The fourth-order valence-electron chi connectivity index (χ4n) is 1.70. The average Bonchev–Trinajstić information content (AvgIpc) is 2.78. The number of para-hydroxylation sites is 1. The molecule has 8 heteroatoms. The van der Waals surface area contributed by atoms with Gasteiger partial charge in [0, 0.05) is 6.42 Å². The first kappa shape index (κ1) is 15.2. The van der Waals surface area contributed by atoms with Crippen molar-refractivity contribution < 1.29 is 17.9 Å². The fraction of sp³-hybridized carbons (Fsp3) is 0.417. The normalized spacial score (nSPS) is 13.8. The lowest BCUT2D eigenvalue weighted by molar-refractivity contribution is -0.175. The van der Waals surface area contributed by atoms with Gasteiger partial charge in [0.25, 0.3) is 0 Å². The van der Waals surface area contributed by atoms with Crippen molar-refractivity contribution in [2.45, 2.75) is 18.6 Å². The van der Waals surface area contributed by atoms with Gasteiger partial charge in [0.05, 0.1) is 27.9 Å². The number of ether oxygens (including phenoxy) is 1. The van der Waals surface area contributed by atoms with Crippen LogP contribution in [0.15, 0.2) is 24.3 Å². The summed E-state index contributed by atoms with van der Waals surface area (Å²) < 4.78 is 41.6. The summed E-state index contributed by atoms with van der Waals surface area (Å²) in [4.78, 5) is 4.40. The molecule has 0 bridgehead atoms. The second-order valence-electron chi connectivity index (χ2n) is 4.27. The molecular weight excluding hydrogens is 291 g/mol. The Kier molecular flexibility index (Phi) is 4.92. The average molecular weight is 305 g/mol. The summed E-state index contributed by atoms with van der Waals surface area (Å²) in [5.74, 6) is 5.33. The number of aromatic nitrogens is 1. The third kappa shape index (κ3) is 4.41. The Morgan fingerprint density at radius 2 is 2.10 bits per heavy atom. The van der Waals surface area contributed by atoms with E-state index in [1.54, 1.807) is 0 Å². The topological polar surface area (TPSA) is 60.2 Å². The van der Waals surface area contributed by atoms with Gasteiger partial charge in [0.15, 0.2) is 0 Å². The SMILES string of the molecule is NNC(COCC(F)(F)F)Cc1nc2ccccc2s1. The van der Waals surface area contributed by atoms with E-state index in [0.717, 1.165) is 15.2 Å². The molecule has 0 saturated heterocycles. The molecule has 0 aliphatic rings. The molecule has 3 N–H and O–H groups in total. The van der Waals surface area contributed by atoms with Crippen LogP contribution >= 0.6 is 11.3 Å². The van der Waals surface area contributed by atoms with Crippen LogP contribution in [0.3, 0.4) is 0 Å². The van der Waals surface area contributed by atoms with Crippen molar-refractivity contribution >= 4 is 21.6 Å². The van der Waals surface area contributed by atoms with E-state index in [-0.39, 0.29) is 6.61 Å². The van der Waals surface area contributed by atoms with E-state index >= 15 is 0 Å². The third-order valence-electron chi connectivity index (χ3n) is 2.58. The monoisotopic (exact) mass is 305 g/mol. The van der Waals surface area contributed by atoms with Gasteiger partial charge < -0.3 is 4.74 Å². The maximum absolute atomic E-state index is 12.0. The Labute approximate surface area is 117 Å². The quantitative estimate of drug-likeness (QED) is 0.635. The number of halogens is 3. The lowest BCUT2D eigenvalue weighted by atomic mass is 10.2. The van der Waals surface area contributed by atoms with Crippen molar-refractivity contribution in [3.63, 3.8) is 0 Å². The number of hydrazine groups is 1. The molecule has 1 heterocycles. The largest absolute Gasteiger partial charge is 0.411 e. The first-order valence-corrected chi connectivity index (χ1v) is 6.74. The molecule has 0 aliphatic heterocycles. The number of nitrogens with zero attached hydrogens (tertiary/aromatic N) is 1. The molecular formula is C12H14F3N3OS. The molecule has 0 radical (unpaired) electrons. The van der Waals surface area contributed by atoms with Gasteiger partial charge in [-0.1, -0.05) is 12.1 Å². The summed E-state index contributed by atoms with van der Waals surface area (Å²) >= 11 is 1.50. The van der Waals surface area contributed by atoms with Gasteiger partial charge in [-0.2, -0.15) is 13.2 Å². The highest BCUT2D eigenvalue weighted by Crippen LogP contribution is 2.22. The van der Waals surface area contributed by atoms with Crippen molar-refractivity contribution in [1.29, 1.82) is 0 Å². The molecule has 2 rings (SSSR count). The minimum atomic E-state index is -4.32. The first-order chi connectivity index (χ1) is 9.48. The number of nitrogens with one attached hydrogen (secondary N) is 1. The van der Waals surface area contributed by atoms with E-state index in [4.69, 9.17) is 5.84 Å². The zero-order valence-electron chi connectivity index (χ0n) is 10.5. The lowest BCUT2D eigenvalue weighted by Crippen LogP contribution is -2.41. The van der Waals surface area contributed by atoms with Crippen molar-refractivity contribution in [2.75, 3.05) is 13.2 Å². The van der Waals surface area contributed by atoms with E-state index in [9.17, 15) is 13.2 Å². The van der Waals surface area contributed by atoms with Gasteiger partial charge in [0.1, 0.15) is 6.61 Å². The Bertz CT molecular complexity index is 525. The highest BCUT2D eigenvalue weighted by atomic mass is 32.1. The van der Waals surface area contributed by atoms with Crippen LogP contribution in [0.4, 0.5) is 13.2 Å². The van der Waals surface area contributed by atoms with Gasteiger partial charge in [-0.3, -0.25) is 11.3 Å². The standard InChI is InChI=1S/C12H14F3N3OS/c13-12(14,15)7-19-6-8(18-16)5-11-17-9-3-1-2-4-10(9)20-11/h1-4,8,18H,5-7,16H2. The van der Waals surface area contributed by atoms with Gasteiger partial charge in [0.2, 0.25) is 0 Å². The molecule has 1 aromatic heterocycles. The molecule has 0 fully saturated rings. The number of fused-ring (bicyclic) bond motifs is 1. The summed E-state index contributed by atoms with van der Waals surface area (Å²) in [5, 5.41) is 0.810. The van der Waals surface area contributed by atoms with Crippen LogP contribution in [0.25, 0.3) is 10.2 Å². The first-order valence-electron chi connectivity index (χ1n) is 5.93. The van der Waals surface area contributed by atoms with E-state index in [2.05, 4.69) is 15.1 Å².